The lowest BCUT2D eigenvalue weighted by atomic mass is 10.1. The third-order valence-electron chi connectivity index (χ3n) is 2.85. The summed E-state index contributed by atoms with van der Waals surface area (Å²) in [5, 5.41) is 0. The largest absolute Gasteiger partial charge is 0.368 e. The Kier molecular flexibility index (Phi) is 5.51. The van der Waals surface area contributed by atoms with Gasteiger partial charge in [-0.05, 0) is 25.8 Å². The minimum absolute atomic E-state index is 0.0982. The van der Waals surface area contributed by atoms with E-state index in [0.29, 0.717) is 6.42 Å². The number of benzene rings is 1. The Morgan fingerprint density at radius 3 is 2.26 bits per heavy atom. The smallest absolute Gasteiger partial charge is 0.240 e. The molecule has 1 rings (SSSR count). The molecule has 0 aliphatic carbocycles. The van der Waals surface area contributed by atoms with Gasteiger partial charge in [0, 0.05) is 6.04 Å². The van der Waals surface area contributed by atoms with Crippen LogP contribution in [0.3, 0.4) is 0 Å². The number of hydrogen-bond acceptors (Lipinski definition) is 3. The molecular weight excluding hydrogens is 242 g/mol. The van der Waals surface area contributed by atoms with Crippen molar-refractivity contribution in [1.82, 2.24) is 4.90 Å². The maximum absolute atomic E-state index is 12.2. The van der Waals surface area contributed by atoms with Crippen LogP contribution >= 0.6 is 0 Å². The molecule has 19 heavy (non-hydrogen) atoms. The summed E-state index contributed by atoms with van der Waals surface area (Å²) in [6, 6.07) is 8.77. The van der Waals surface area contributed by atoms with Crippen LogP contribution in [0.15, 0.2) is 30.3 Å². The molecule has 0 bridgehead atoms. The van der Waals surface area contributed by atoms with Crippen LogP contribution in [0.25, 0.3) is 0 Å². The standard InChI is InChI=1S/C14H21N3O2/c1-10(2)17(9-13(16)18)14(19)12(15)8-11-6-4-3-5-7-11/h3-7,10,12H,8-9,15H2,1-2H3,(H2,16,18)/t12-/m1/s1. The predicted octanol–water partition coefficient (Wildman–Crippen LogP) is 0.279. The topological polar surface area (TPSA) is 89.4 Å². The Bertz CT molecular complexity index is 432. The fourth-order valence-electron chi connectivity index (χ4n) is 1.85. The number of nitrogens with two attached hydrogens (primary N) is 2. The Hall–Kier alpha value is -1.88. The van der Waals surface area contributed by atoms with Gasteiger partial charge in [-0.3, -0.25) is 9.59 Å². The van der Waals surface area contributed by atoms with Crippen molar-refractivity contribution in [2.75, 3.05) is 6.54 Å². The molecule has 1 aromatic rings. The molecule has 0 radical (unpaired) electrons. The van der Waals surface area contributed by atoms with Crippen molar-refractivity contribution >= 4 is 11.8 Å². The van der Waals surface area contributed by atoms with Crippen LogP contribution < -0.4 is 11.5 Å². The van der Waals surface area contributed by atoms with E-state index in [1.165, 1.54) is 4.90 Å². The first-order valence-corrected chi connectivity index (χ1v) is 6.30. The second-order valence-electron chi connectivity index (χ2n) is 4.82. The molecule has 5 heteroatoms. The summed E-state index contributed by atoms with van der Waals surface area (Å²) in [4.78, 5) is 24.6. The molecule has 0 aliphatic heterocycles. The van der Waals surface area contributed by atoms with E-state index in [0.717, 1.165) is 5.56 Å². The Morgan fingerprint density at radius 1 is 1.21 bits per heavy atom. The van der Waals surface area contributed by atoms with E-state index in [4.69, 9.17) is 11.5 Å². The maximum Gasteiger partial charge on any atom is 0.240 e. The molecule has 1 atom stereocenters. The number of hydrogen-bond donors (Lipinski definition) is 2. The summed E-state index contributed by atoms with van der Waals surface area (Å²) in [6.07, 6.45) is 0.446. The second kappa shape index (κ2) is 6.89. The number of primary amides is 1. The van der Waals surface area contributed by atoms with E-state index >= 15 is 0 Å². The molecule has 0 unspecified atom stereocenters. The van der Waals surface area contributed by atoms with E-state index in [9.17, 15) is 9.59 Å². The molecule has 0 spiro atoms. The minimum Gasteiger partial charge on any atom is -0.368 e. The number of carbonyl (C=O) groups excluding carboxylic acids is 2. The summed E-state index contributed by atoms with van der Waals surface area (Å²) in [7, 11) is 0. The van der Waals surface area contributed by atoms with Crippen LogP contribution in [0.4, 0.5) is 0 Å². The highest BCUT2D eigenvalue weighted by Crippen LogP contribution is 2.06. The van der Waals surface area contributed by atoms with Crippen molar-refractivity contribution in [2.24, 2.45) is 11.5 Å². The van der Waals surface area contributed by atoms with Crippen LogP contribution in [-0.4, -0.2) is 35.3 Å². The first-order valence-electron chi connectivity index (χ1n) is 6.30. The first-order chi connectivity index (χ1) is 8.91. The normalized spacial score (nSPS) is 12.2. The lowest BCUT2D eigenvalue weighted by Crippen LogP contribution is -2.50. The molecule has 5 nitrogen and oxygen atoms in total. The summed E-state index contributed by atoms with van der Waals surface area (Å²) in [6.45, 7) is 3.56. The predicted molar refractivity (Wildman–Crippen MR) is 74.2 cm³/mol. The highest BCUT2D eigenvalue weighted by molar-refractivity contribution is 5.87. The highest BCUT2D eigenvalue weighted by atomic mass is 16.2. The van der Waals surface area contributed by atoms with Crippen molar-refractivity contribution in [1.29, 1.82) is 0 Å². The van der Waals surface area contributed by atoms with Gasteiger partial charge in [0.05, 0.1) is 12.6 Å². The Balaban J connectivity index is 2.71. The molecular formula is C14H21N3O2. The minimum atomic E-state index is -0.663. The summed E-state index contributed by atoms with van der Waals surface area (Å²) in [5.74, 6) is -0.786. The molecule has 0 heterocycles. The van der Waals surface area contributed by atoms with Gasteiger partial charge in [0.1, 0.15) is 0 Å². The number of rotatable bonds is 6. The number of carbonyl (C=O) groups is 2. The van der Waals surface area contributed by atoms with Crippen LogP contribution in [0, 0.1) is 0 Å². The molecule has 0 aromatic heterocycles. The summed E-state index contributed by atoms with van der Waals surface area (Å²) < 4.78 is 0. The van der Waals surface area contributed by atoms with Crippen molar-refractivity contribution in [3.63, 3.8) is 0 Å². The van der Waals surface area contributed by atoms with Crippen LogP contribution in [-0.2, 0) is 16.0 Å². The SMILES string of the molecule is CC(C)N(CC(N)=O)C(=O)[C@H](N)Cc1ccccc1. The summed E-state index contributed by atoms with van der Waals surface area (Å²) in [5.41, 5.74) is 12.1. The van der Waals surface area contributed by atoms with Gasteiger partial charge in [-0.25, -0.2) is 0 Å². The third-order valence-corrected chi connectivity index (χ3v) is 2.85. The number of amides is 2. The van der Waals surface area contributed by atoms with E-state index < -0.39 is 11.9 Å². The molecule has 0 aliphatic rings. The zero-order valence-corrected chi connectivity index (χ0v) is 11.4. The lowest BCUT2D eigenvalue weighted by molar-refractivity contribution is -0.138. The number of nitrogens with zero attached hydrogens (tertiary/aromatic N) is 1. The average molecular weight is 263 g/mol. The zero-order chi connectivity index (χ0) is 14.4. The average Bonchev–Trinajstić information content (AvgIpc) is 2.35. The zero-order valence-electron chi connectivity index (χ0n) is 11.4. The van der Waals surface area contributed by atoms with Crippen LogP contribution in [0.5, 0.6) is 0 Å². The monoisotopic (exact) mass is 263 g/mol. The van der Waals surface area contributed by atoms with Gasteiger partial charge < -0.3 is 16.4 Å². The van der Waals surface area contributed by atoms with Gasteiger partial charge in [0.25, 0.3) is 0 Å². The van der Waals surface area contributed by atoms with Crippen LogP contribution in [0.2, 0.25) is 0 Å². The van der Waals surface area contributed by atoms with Gasteiger partial charge in [-0.2, -0.15) is 0 Å². The van der Waals surface area contributed by atoms with Crippen molar-refractivity contribution in [3.8, 4) is 0 Å². The van der Waals surface area contributed by atoms with Gasteiger partial charge in [-0.1, -0.05) is 30.3 Å². The molecule has 104 valence electrons. The van der Waals surface area contributed by atoms with Crippen LogP contribution in [0.1, 0.15) is 19.4 Å². The molecule has 2 amide bonds. The Morgan fingerprint density at radius 2 is 1.79 bits per heavy atom. The van der Waals surface area contributed by atoms with Gasteiger partial charge in [0.2, 0.25) is 11.8 Å². The summed E-state index contributed by atoms with van der Waals surface area (Å²) >= 11 is 0. The van der Waals surface area contributed by atoms with Gasteiger partial charge in [-0.15, -0.1) is 0 Å². The van der Waals surface area contributed by atoms with Gasteiger partial charge >= 0.3 is 0 Å². The quantitative estimate of drug-likeness (QED) is 0.772. The maximum atomic E-state index is 12.2. The van der Waals surface area contributed by atoms with E-state index in [1.807, 2.05) is 44.2 Å². The van der Waals surface area contributed by atoms with E-state index in [2.05, 4.69) is 0 Å². The fraction of sp³-hybridized carbons (Fsp3) is 0.429. The van der Waals surface area contributed by atoms with Crippen molar-refractivity contribution < 1.29 is 9.59 Å². The highest BCUT2D eigenvalue weighted by Gasteiger charge is 2.24. The van der Waals surface area contributed by atoms with E-state index in [-0.39, 0.29) is 18.5 Å². The molecule has 4 N–H and O–H groups in total. The third kappa shape index (κ3) is 4.71. The molecule has 1 aromatic carbocycles. The molecule has 0 saturated carbocycles. The fourth-order valence-corrected chi connectivity index (χ4v) is 1.85. The lowest BCUT2D eigenvalue weighted by Gasteiger charge is -2.28. The Labute approximate surface area is 113 Å². The molecule has 0 fully saturated rings. The molecule has 0 saturated heterocycles. The second-order valence-corrected chi connectivity index (χ2v) is 4.82. The van der Waals surface area contributed by atoms with Crippen molar-refractivity contribution in [3.05, 3.63) is 35.9 Å². The van der Waals surface area contributed by atoms with E-state index in [1.54, 1.807) is 0 Å². The van der Waals surface area contributed by atoms with Gasteiger partial charge in [0.15, 0.2) is 0 Å². The van der Waals surface area contributed by atoms with Crippen molar-refractivity contribution in [2.45, 2.75) is 32.4 Å². The first kappa shape index (κ1) is 15.2.